The van der Waals surface area contributed by atoms with E-state index >= 15 is 0 Å². The molecule has 7 nitrogen and oxygen atoms in total. The van der Waals surface area contributed by atoms with E-state index in [0.717, 1.165) is 47.3 Å². The van der Waals surface area contributed by atoms with Gasteiger partial charge in [0.2, 0.25) is 0 Å². The molecule has 0 unspecified atom stereocenters. The van der Waals surface area contributed by atoms with Crippen LogP contribution < -0.4 is 10.6 Å². The van der Waals surface area contributed by atoms with E-state index in [2.05, 4.69) is 15.6 Å². The summed E-state index contributed by atoms with van der Waals surface area (Å²) in [6.07, 6.45) is 6.67. The first kappa shape index (κ1) is 22.7. The molecular formula is C25H25N3O4S. The number of benzene rings is 1. The summed E-state index contributed by atoms with van der Waals surface area (Å²) in [4.78, 5) is 43.2. The summed E-state index contributed by atoms with van der Waals surface area (Å²) in [7, 11) is 0. The highest BCUT2D eigenvalue weighted by Gasteiger charge is 2.28. The van der Waals surface area contributed by atoms with E-state index in [-0.39, 0.29) is 5.91 Å². The fraction of sp³-hybridized carbons (Fsp3) is 0.280. The number of hydrogen-bond donors (Lipinski definition) is 2. The minimum atomic E-state index is -0.605. The van der Waals surface area contributed by atoms with E-state index in [1.165, 1.54) is 17.5 Å². The van der Waals surface area contributed by atoms with Gasteiger partial charge in [-0.15, -0.1) is 11.3 Å². The molecule has 1 aromatic carbocycles. The third-order valence-corrected chi connectivity index (χ3v) is 6.95. The van der Waals surface area contributed by atoms with Crippen molar-refractivity contribution in [1.29, 1.82) is 0 Å². The second-order valence-electron chi connectivity index (χ2n) is 7.98. The van der Waals surface area contributed by atoms with Gasteiger partial charge in [-0.2, -0.15) is 0 Å². The Bertz CT molecular complexity index is 1200. The van der Waals surface area contributed by atoms with Gasteiger partial charge in [0.05, 0.1) is 11.1 Å². The number of nitrogens with one attached hydrogen (secondary N) is 2. The van der Waals surface area contributed by atoms with E-state index in [0.29, 0.717) is 21.8 Å². The standard InChI is InChI=1S/C25H25N3O4S/c1-15-7-5-10-19(16(15)2)27-21(29)14-32-25(31)22-18-9-3-4-11-20(18)33-24(22)28-23(30)17-8-6-12-26-13-17/h5-8,10,12-13H,3-4,9,11,14H2,1-2H3,(H,27,29)(H,28,30). The van der Waals surface area contributed by atoms with Gasteiger partial charge in [-0.3, -0.25) is 14.6 Å². The quantitative estimate of drug-likeness (QED) is 0.517. The first-order valence-corrected chi connectivity index (χ1v) is 11.6. The highest BCUT2D eigenvalue weighted by atomic mass is 32.1. The van der Waals surface area contributed by atoms with Crippen molar-refractivity contribution in [2.24, 2.45) is 0 Å². The minimum absolute atomic E-state index is 0.344. The van der Waals surface area contributed by atoms with Crippen LogP contribution in [0.25, 0.3) is 0 Å². The Labute approximate surface area is 196 Å². The summed E-state index contributed by atoms with van der Waals surface area (Å²) < 4.78 is 5.38. The lowest BCUT2D eigenvalue weighted by atomic mass is 9.95. The second-order valence-corrected chi connectivity index (χ2v) is 9.09. The molecule has 0 radical (unpaired) electrons. The summed E-state index contributed by atoms with van der Waals surface area (Å²) in [5.74, 6) is -1.36. The fourth-order valence-electron chi connectivity index (χ4n) is 3.82. The Hall–Kier alpha value is -3.52. The number of nitrogens with zero attached hydrogens (tertiary/aromatic N) is 1. The van der Waals surface area contributed by atoms with Gasteiger partial charge in [0.25, 0.3) is 11.8 Å². The molecule has 2 heterocycles. The van der Waals surface area contributed by atoms with Crippen molar-refractivity contribution >= 4 is 39.8 Å². The molecule has 0 atom stereocenters. The molecule has 170 valence electrons. The zero-order valence-corrected chi connectivity index (χ0v) is 19.4. The molecule has 33 heavy (non-hydrogen) atoms. The van der Waals surface area contributed by atoms with Crippen molar-refractivity contribution in [1.82, 2.24) is 4.98 Å². The summed E-state index contributed by atoms with van der Waals surface area (Å²) in [6.45, 7) is 3.48. The van der Waals surface area contributed by atoms with Crippen molar-refractivity contribution < 1.29 is 19.1 Å². The Balaban J connectivity index is 1.49. The molecule has 0 spiro atoms. The smallest absolute Gasteiger partial charge is 0.341 e. The largest absolute Gasteiger partial charge is 0.452 e. The van der Waals surface area contributed by atoms with Gasteiger partial charge in [0, 0.05) is 23.0 Å². The van der Waals surface area contributed by atoms with E-state index in [1.807, 2.05) is 32.0 Å². The maximum Gasteiger partial charge on any atom is 0.341 e. The summed E-state index contributed by atoms with van der Waals surface area (Å²) in [5.41, 5.74) is 4.37. The predicted molar refractivity (Wildman–Crippen MR) is 128 cm³/mol. The normalized spacial score (nSPS) is 12.5. The van der Waals surface area contributed by atoms with Gasteiger partial charge in [0.1, 0.15) is 5.00 Å². The first-order chi connectivity index (χ1) is 15.9. The summed E-state index contributed by atoms with van der Waals surface area (Å²) >= 11 is 1.40. The van der Waals surface area contributed by atoms with Crippen LogP contribution in [0.15, 0.2) is 42.7 Å². The van der Waals surface area contributed by atoms with Crippen molar-refractivity contribution in [2.75, 3.05) is 17.2 Å². The average molecular weight is 464 g/mol. The molecule has 0 bridgehead atoms. The summed E-state index contributed by atoms with van der Waals surface area (Å²) in [6, 6.07) is 8.97. The number of hydrogen-bond acceptors (Lipinski definition) is 6. The fourth-order valence-corrected chi connectivity index (χ4v) is 5.09. The lowest BCUT2D eigenvalue weighted by molar-refractivity contribution is -0.119. The molecule has 0 saturated carbocycles. The van der Waals surface area contributed by atoms with Crippen LogP contribution in [-0.4, -0.2) is 29.4 Å². The number of carbonyl (C=O) groups excluding carboxylic acids is 3. The topological polar surface area (TPSA) is 97.4 Å². The van der Waals surface area contributed by atoms with E-state index in [1.54, 1.807) is 18.3 Å². The average Bonchev–Trinajstić information content (AvgIpc) is 3.19. The lowest BCUT2D eigenvalue weighted by Gasteiger charge is -2.13. The Morgan fingerprint density at radius 1 is 1.06 bits per heavy atom. The molecule has 0 fully saturated rings. The number of thiophene rings is 1. The molecule has 3 aromatic rings. The van der Waals surface area contributed by atoms with Gasteiger partial charge < -0.3 is 15.4 Å². The van der Waals surface area contributed by atoms with Gasteiger partial charge in [-0.05, 0) is 74.4 Å². The van der Waals surface area contributed by atoms with Crippen molar-refractivity contribution in [3.63, 3.8) is 0 Å². The Kier molecular flexibility index (Phi) is 6.84. The number of anilines is 2. The van der Waals surface area contributed by atoms with E-state index in [9.17, 15) is 14.4 Å². The van der Waals surface area contributed by atoms with E-state index < -0.39 is 18.5 Å². The predicted octanol–water partition coefficient (Wildman–Crippen LogP) is 4.69. The molecule has 2 amide bonds. The highest BCUT2D eigenvalue weighted by molar-refractivity contribution is 7.17. The first-order valence-electron chi connectivity index (χ1n) is 10.8. The third kappa shape index (κ3) is 5.12. The number of ether oxygens (including phenoxy) is 1. The molecular weight excluding hydrogens is 438 g/mol. The highest BCUT2D eigenvalue weighted by Crippen LogP contribution is 2.38. The SMILES string of the molecule is Cc1cccc(NC(=O)COC(=O)c2c(NC(=O)c3cccnc3)sc3c2CCCC3)c1C. The van der Waals surface area contributed by atoms with Crippen LogP contribution in [0.4, 0.5) is 10.7 Å². The Morgan fingerprint density at radius 2 is 1.88 bits per heavy atom. The van der Waals surface area contributed by atoms with Crippen LogP contribution in [0.5, 0.6) is 0 Å². The van der Waals surface area contributed by atoms with Crippen LogP contribution in [0.3, 0.4) is 0 Å². The van der Waals surface area contributed by atoms with Crippen LogP contribution in [-0.2, 0) is 22.4 Å². The van der Waals surface area contributed by atoms with Crippen LogP contribution in [0.2, 0.25) is 0 Å². The molecule has 1 aliphatic carbocycles. The molecule has 4 rings (SSSR count). The molecule has 8 heteroatoms. The second kappa shape index (κ2) is 9.95. The number of aromatic nitrogens is 1. The van der Waals surface area contributed by atoms with Crippen LogP contribution in [0, 0.1) is 13.8 Å². The van der Waals surface area contributed by atoms with Crippen molar-refractivity contribution in [3.8, 4) is 0 Å². The molecule has 1 aliphatic rings. The molecule has 2 N–H and O–H groups in total. The van der Waals surface area contributed by atoms with Gasteiger partial charge in [-0.25, -0.2) is 4.79 Å². The van der Waals surface area contributed by atoms with Crippen LogP contribution >= 0.6 is 11.3 Å². The maximum atomic E-state index is 13.0. The zero-order valence-electron chi connectivity index (χ0n) is 18.6. The summed E-state index contributed by atoms with van der Waals surface area (Å²) in [5, 5.41) is 6.09. The molecule has 2 aromatic heterocycles. The third-order valence-electron chi connectivity index (χ3n) is 5.74. The monoisotopic (exact) mass is 463 g/mol. The number of amides is 2. The number of esters is 1. The number of carbonyl (C=O) groups is 3. The van der Waals surface area contributed by atoms with Crippen molar-refractivity contribution in [2.45, 2.75) is 39.5 Å². The number of pyridine rings is 1. The number of fused-ring (bicyclic) bond motifs is 1. The Morgan fingerprint density at radius 3 is 2.67 bits per heavy atom. The molecule has 0 aliphatic heterocycles. The lowest BCUT2D eigenvalue weighted by Crippen LogP contribution is -2.22. The van der Waals surface area contributed by atoms with Gasteiger partial charge >= 0.3 is 5.97 Å². The van der Waals surface area contributed by atoms with Crippen molar-refractivity contribution in [3.05, 3.63) is 75.4 Å². The van der Waals surface area contributed by atoms with Gasteiger partial charge in [0.15, 0.2) is 6.61 Å². The van der Waals surface area contributed by atoms with Gasteiger partial charge in [-0.1, -0.05) is 12.1 Å². The zero-order chi connectivity index (χ0) is 23.4. The minimum Gasteiger partial charge on any atom is -0.452 e. The number of aryl methyl sites for hydroxylation is 2. The van der Waals surface area contributed by atoms with Crippen LogP contribution in [0.1, 0.15) is 55.1 Å². The number of rotatable bonds is 6. The molecule has 0 saturated heterocycles. The van der Waals surface area contributed by atoms with E-state index in [4.69, 9.17) is 4.74 Å². The maximum absolute atomic E-state index is 13.0.